The van der Waals surface area contributed by atoms with Gasteiger partial charge in [0.15, 0.2) is 0 Å². The van der Waals surface area contributed by atoms with Crippen molar-refractivity contribution >= 4 is 17.4 Å². The van der Waals surface area contributed by atoms with E-state index in [1.54, 1.807) is 0 Å². The average molecular weight is 221 g/mol. The molecule has 0 saturated heterocycles. The molecule has 0 atom stereocenters. The molecule has 0 aliphatic carbocycles. The van der Waals surface area contributed by atoms with E-state index in [9.17, 15) is 0 Å². The highest BCUT2D eigenvalue weighted by molar-refractivity contribution is 7.78. The van der Waals surface area contributed by atoms with E-state index in [2.05, 4.69) is 28.4 Å². The van der Waals surface area contributed by atoms with Crippen LogP contribution < -0.4 is 4.74 Å². The number of ether oxygens (including phenoxy) is 1. The maximum atomic E-state index is 5.59. The first-order valence-electron chi connectivity index (χ1n) is 5.01. The summed E-state index contributed by atoms with van der Waals surface area (Å²) in [4.78, 5) is 3.88. The zero-order chi connectivity index (χ0) is 11.1. The minimum Gasteiger partial charge on any atom is -0.491 e. The zero-order valence-corrected chi connectivity index (χ0v) is 9.88. The van der Waals surface area contributed by atoms with E-state index in [1.807, 2.05) is 32.0 Å². The summed E-state index contributed by atoms with van der Waals surface area (Å²) in [7, 11) is 0. The molecule has 0 heterocycles. The topological polar surface area (TPSA) is 21.6 Å². The molecule has 3 heteroatoms. The maximum Gasteiger partial charge on any atom is 0.119 e. The Bertz CT molecular complexity index is 356. The summed E-state index contributed by atoms with van der Waals surface area (Å²) in [5.74, 6) is 0.911. The van der Waals surface area contributed by atoms with Gasteiger partial charge in [0.05, 0.1) is 17.8 Å². The van der Waals surface area contributed by atoms with Crippen molar-refractivity contribution in [3.63, 3.8) is 0 Å². The van der Waals surface area contributed by atoms with Crippen molar-refractivity contribution in [3.8, 4) is 5.75 Å². The Morgan fingerprint density at radius 1 is 1.47 bits per heavy atom. The van der Waals surface area contributed by atoms with E-state index >= 15 is 0 Å². The van der Waals surface area contributed by atoms with Gasteiger partial charge in [-0.05, 0) is 50.2 Å². The number of nitrogens with zero attached hydrogens (tertiary/aromatic N) is 1. The molecule has 0 amide bonds. The van der Waals surface area contributed by atoms with Crippen molar-refractivity contribution in [2.45, 2.75) is 26.4 Å². The Morgan fingerprint density at radius 3 is 2.93 bits per heavy atom. The molecule has 0 radical (unpaired) electrons. The highest BCUT2D eigenvalue weighted by atomic mass is 32.1. The molecule has 1 rings (SSSR count). The van der Waals surface area contributed by atoms with Crippen LogP contribution in [-0.2, 0) is 6.42 Å². The van der Waals surface area contributed by atoms with Crippen LogP contribution in [0, 0.1) is 0 Å². The van der Waals surface area contributed by atoms with Gasteiger partial charge in [-0.1, -0.05) is 12.1 Å². The zero-order valence-electron chi connectivity index (χ0n) is 9.06. The fourth-order valence-electron chi connectivity index (χ4n) is 1.28. The van der Waals surface area contributed by atoms with Gasteiger partial charge in [-0.2, -0.15) is 0 Å². The number of benzene rings is 1. The third-order valence-corrected chi connectivity index (χ3v) is 1.98. The number of thiocarbonyl (C=S) groups is 1. The smallest absolute Gasteiger partial charge is 0.119 e. The quantitative estimate of drug-likeness (QED) is 0.563. The molecular formula is C12H15NOS. The molecule has 0 unspecified atom stereocenters. The molecule has 0 aliphatic heterocycles. The van der Waals surface area contributed by atoms with Crippen LogP contribution in [0.3, 0.4) is 0 Å². The van der Waals surface area contributed by atoms with Crippen molar-refractivity contribution in [3.05, 3.63) is 29.8 Å². The normalized spacial score (nSPS) is 9.80. The Labute approximate surface area is 96.0 Å². The Balaban J connectivity index is 2.61. The summed E-state index contributed by atoms with van der Waals surface area (Å²) in [5, 5.41) is 2.36. The number of hydrogen-bond acceptors (Lipinski definition) is 3. The second-order valence-electron chi connectivity index (χ2n) is 3.54. The molecule has 1 aromatic carbocycles. The maximum absolute atomic E-state index is 5.59. The molecule has 0 aliphatic rings. The van der Waals surface area contributed by atoms with Crippen molar-refractivity contribution in [1.82, 2.24) is 0 Å². The Hall–Kier alpha value is -1.18. The fourth-order valence-corrected chi connectivity index (χ4v) is 1.37. The fraction of sp³-hybridized carbons (Fsp3) is 0.417. The van der Waals surface area contributed by atoms with Crippen molar-refractivity contribution < 1.29 is 4.74 Å². The number of aliphatic imine (C=N–C) groups is 1. The lowest BCUT2D eigenvalue weighted by Crippen LogP contribution is -2.05. The summed E-state index contributed by atoms with van der Waals surface area (Å²) < 4.78 is 5.59. The molecule has 2 nitrogen and oxygen atoms in total. The highest BCUT2D eigenvalue weighted by Gasteiger charge is 1.98. The first-order valence-corrected chi connectivity index (χ1v) is 5.42. The summed E-state index contributed by atoms with van der Waals surface area (Å²) in [6, 6.07) is 8.06. The summed E-state index contributed by atoms with van der Waals surface area (Å²) in [6.45, 7) is 4.72. The average Bonchev–Trinajstić information content (AvgIpc) is 2.18. The largest absolute Gasteiger partial charge is 0.491 e. The molecule has 0 bridgehead atoms. The van der Waals surface area contributed by atoms with E-state index in [0.29, 0.717) is 6.54 Å². The first-order chi connectivity index (χ1) is 7.22. The van der Waals surface area contributed by atoms with Gasteiger partial charge >= 0.3 is 0 Å². The molecule has 15 heavy (non-hydrogen) atoms. The summed E-state index contributed by atoms with van der Waals surface area (Å²) in [5.41, 5.74) is 1.21. The molecule has 1 aromatic rings. The van der Waals surface area contributed by atoms with Crippen molar-refractivity contribution in [2.24, 2.45) is 4.99 Å². The lowest BCUT2D eigenvalue weighted by atomic mass is 10.1. The van der Waals surface area contributed by atoms with Crippen LogP contribution in [0.25, 0.3) is 0 Å². The van der Waals surface area contributed by atoms with Gasteiger partial charge in [0.1, 0.15) is 5.75 Å². The van der Waals surface area contributed by atoms with Crippen molar-refractivity contribution in [2.75, 3.05) is 6.54 Å². The summed E-state index contributed by atoms with van der Waals surface area (Å²) >= 11 is 4.51. The first kappa shape index (κ1) is 11.9. The third kappa shape index (κ3) is 4.73. The minimum absolute atomic E-state index is 0.208. The number of rotatable bonds is 5. The van der Waals surface area contributed by atoms with E-state index in [0.717, 1.165) is 12.2 Å². The van der Waals surface area contributed by atoms with Crippen LogP contribution >= 0.6 is 12.2 Å². The van der Waals surface area contributed by atoms with E-state index in [-0.39, 0.29) is 6.10 Å². The number of hydrogen-bond donors (Lipinski definition) is 0. The van der Waals surface area contributed by atoms with Crippen LogP contribution in [0.15, 0.2) is 29.3 Å². The lowest BCUT2D eigenvalue weighted by molar-refractivity contribution is 0.242. The lowest BCUT2D eigenvalue weighted by Gasteiger charge is -2.10. The van der Waals surface area contributed by atoms with Gasteiger partial charge < -0.3 is 4.74 Å². The second-order valence-corrected chi connectivity index (χ2v) is 3.72. The Kier molecular flexibility index (Phi) is 5.02. The van der Waals surface area contributed by atoms with Crippen LogP contribution in [-0.4, -0.2) is 17.8 Å². The van der Waals surface area contributed by atoms with Crippen LogP contribution in [0.4, 0.5) is 0 Å². The van der Waals surface area contributed by atoms with Crippen LogP contribution in [0.2, 0.25) is 0 Å². The summed E-state index contributed by atoms with van der Waals surface area (Å²) in [6.07, 6.45) is 1.08. The standard InChI is InChI=1S/C12H15NOS/c1-10(2)14-12-5-3-4-11(8-12)6-7-13-9-15/h3-5,8,10H,6-7H2,1-2H3. The number of isothiocyanates is 1. The van der Waals surface area contributed by atoms with Crippen LogP contribution in [0.1, 0.15) is 19.4 Å². The van der Waals surface area contributed by atoms with Gasteiger partial charge in [-0.3, -0.25) is 0 Å². The third-order valence-electron chi connectivity index (χ3n) is 1.85. The van der Waals surface area contributed by atoms with E-state index in [1.165, 1.54) is 5.56 Å². The van der Waals surface area contributed by atoms with Crippen LogP contribution in [0.5, 0.6) is 5.75 Å². The van der Waals surface area contributed by atoms with Gasteiger partial charge in [0.2, 0.25) is 0 Å². The molecule has 0 saturated carbocycles. The second kappa shape index (κ2) is 6.33. The predicted molar refractivity (Wildman–Crippen MR) is 65.8 cm³/mol. The van der Waals surface area contributed by atoms with Gasteiger partial charge in [-0.25, -0.2) is 4.99 Å². The molecule has 0 spiro atoms. The molecule has 80 valence electrons. The SMILES string of the molecule is CC(C)Oc1cccc(CCN=C=S)c1. The van der Waals surface area contributed by atoms with Crippen molar-refractivity contribution in [1.29, 1.82) is 0 Å². The monoisotopic (exact) mass is 221 g/mol. The molecule has 0 fully saturated rings. The van der Waals surface area contributed by atoms with E-state index < -0.39 is 0 Å². The van der Waals surface area contributed by atoms with Gasteiger partial charge in [-0.15, -0.1) is 0 Å². The molecule has 0 aromatic heterocycles. The highest BCUT2D eigenvalue weighted by Crippen LogP contribution is 2.15. The van der Waals surface area contributed by atoms with Gasteiger partial charge in [0, 0.05) is 0 Å². The predicted octanol–water partition coefficient (Wildman–Crippen LogP) is 3.12. The van der Waals surface area contributed by atoms with Gasteiger partial charge in [0.25, 0.3) is 0 Å². The minimum atomic E-state index is 0.208. The molecular weight excluding hydrogens is 206 g/mol. The van der Waals surface area contributed by atoms with E-state index in [4.69, 9.17) is 4.74 Å². The molecule has 0 N–H and O–H groups in total. The Morgan fingerprint density at radius 2 is 2.27 bits per heavy atom.